The largest absolute Gasteiger partial charge is 0.325 e. The van der Waals surface area contributed by atoms with Gasteiger partial charge in [0.25, 0.3) is 0 Å². The molecular formula is C16H20ClN3OS. The van der Waals surface area contributed by atoms with E-state index in [1.165, 1.54) is 11.3 Å². The third-order valence-corrected chi connectivity index (χ3v) is 5.21. The quantitative estimate of drug-likeness (QED) is 0.774. The SMILES string of the molecule is CCN(CC)C(=O)N1CCC(=C(C#N)c2ccc(Cl)s2)CC1. The minimum atomic E-state index is 0.0988. The first kappa shape index (κ1) is 16.9. The number of hydrogen-bond donors (Lipinski definition) is 0. The molecule has 4 nitrogen and oxygen atoms in total. The van der Waals surface area contributed by atoms with E-state index in [1.807, 2.05) is 35.8 Å². The minimum Gasteiger partial charge on any atom is -0.325 e. The van der Waals surface area contributed by atoms with Crippen molar-refractivity contribution in [2.75, 3.05) is 26.2 Å². The Morgan fingerprint density at radius 1 is 1.36 bits per heavy atom. The van der Waals surface area contributed by atoms with Gasteiger partial charge in [0.05, 0.1) is 9.91 Å². The van der Waals surface area contributed by atoms with Crippen molar-refractivity contribution in [1.29, 1.82) is 5.26 Å². The van der Waals surface area contributed by atoms with Crippen LogP contribution in [0.1, 0.15) is 31.6 Å². The number of amides is 2. The van der Waals surface area contributed by atoms with Crippen LogP contribution in [0, 0.1) is 11.3 Å². The normalized spacial score (nSPS) is 14.6. The zero-order valence-electron chi connectivity index (χ0n) is 12.9. The zero-order valence-corrected chi connectivity index (χ0v) is 14.5. The van der Waals surface area contributed by atoms with Crippen molar-refractivity contribution in [3.05, 3.63) is 26.9 Å². The number of likely N-dealkylation sites (tertiary alicyclic amines) is 1. The topological polar surface area (TPSA) is 47.3 Å². The van der Waals surface area contributed by atoms with Gasteiger partial charge in [0.1, 0.15) is 6.07 Å². The lowest BCUT2D eigenvalue weighted by molar-refractivity contribution is 0.154. The number of carbonyl (C=O) groups is 1. The summed E-state index contributed by atoms with van der Waals surface area (Å²) in [6.45, 7) is 6.79. The standard InChI is InChI=1S/C16H20ClN3OS/c1-3-19(4-2)16(21)20-9-7-12(8-10-20)13(11-18)14-5-6-15(17)22-14/h5-6H,3-4,7-10H2,1-2H3. The molecule has 6 heteroatoms. The summed E-state index contributed by atoms with van der Waals surface area (Å²) < 4.78 is 0.692. The van der Waals surface area contributed by atoms with Crippen LogP contribution in [-0.4, -0.2) is 42.0 Å². The Kier molecular flexibility index (Phi) is 5.87. The number of nitriles is 1. The number of piperidine rings is 1. The lowest BCUT2D eigenvalue weighted by atomic mass is 9.97. The van der Waals surface area contributed by atoms with Crippen LogP contribution < -0.4 is 0 Å². The molecule has 0 N–H and O–H groups in total. The molecule has 0 aromatic carbocycles. The van der Waals surface area contributed by atoms with Gasteiger partial charge in [-0.15, -0.1) is 11.3 Å². The van der Waals surface area contributed by atoms with E-state index in [0.717, 1.165) is 42.0 Å². The van der Waals surface area contributed by atoms with E-state index in [0.29, 0.717) is 17.4 Å². The van der Waals surface area contributed by atoms with E-state index in [4.69, 9.17) is 11.6 Å². The van der Waals surface area contributed by atoms with Gasteiger partial charge in [-0.2, -0.15) is 5.26 Å². The van der Waals surface area contributed by atoms with Crippen LogP contribution in [0.3, 0.4) is 0 Å². The van der Waals surface area contributed by atoms with Gasteiger partial charge < -0.3 is 9.80 Å². The molecule has 0 radical (unpaired) electrons. The van der Waals surface area contributed by atoms with Crippen molar-refractivity contribution >= 4 is 34.5 Å². The maximum Gasteiger partial charge on any atom is 0.319 e. The van der Waals surface area contributed by atoms with Crippen LogP contribution in [0.15, 0.2) is 17.7 Å². The average Bonchev–Trinajstić information content (AvgIpc) is 2.96. The first-order valence-corrected chi connectivity index (χ1v) is 8.71. The molecule has 0 aliphatic carbocycles. The van der Waals surface area contributed by atoms with Crippen LogP contribution in [0.25, 0.3) is 5.57 Å². The maximum absolute atomic E-state index is 12.3. The molecule has 0 unspecified atom stereocenters. The monoisotopic (exact) mass is 337 g/mol. The highest BCUT2D eigenvalue weighted by Crippen LogP contribution is 2.32. The highest BCUT2D eigenvalue weighted by molar-refractivity contribution is 7.17. The van der Waals surface area contributed by atoms with Crippen LogP contribution in [0.2, 0.25) is 4.34 Å². The Hall–Kier alpha value is -1.51. The second kappa shape index (κ2) is 7.66. The molecule has 1 aromatic rings. The molecule has 1 aromatic heterocycles. The molecule has 0 atom stereocenters. The van der Waals surface area contributed by atoms with E-state index < -0.39 is 0 Å². The molecule has 0 spiro atoms. The van der Waals surface area contributed by atoms with Gasteiger partial charge in [0, 0.05) is 31.1 Å². The number of nitrogens with zero attached hydrogens (tertiary/aromatic N) is 3. The fraction of sp³-hybridized carbons (Fsp3) is 0.500. The molecule has 1 fully saturated rings. The molecular weight excluding hydrogens is 318 g/mol. The molecule has 1 aliphatic rings. The van der Waals surface area contributed by atoms with Gasteiger partial charge in [-0.3, -0.25) is 0 Å². The fourth-order valence-electron chi connectivity index (χ4n) is 2.67. The molecule has 1 saturated heterocycles. The van der Waals surface area contributed by atoms with E-state index in [2.05, 4.69) is 6.07 Å². The molecule has 118 valence electrons. The Morgan fingerprint density at radius 2 is 2.00 bits per heavy atom. The van der Waals surface area contributed by atoms with Gasteiger partial charge in [-0.05, 0) is 44.4 Å². The van der Waals surface area contributed by atoms with Crippen molar-refractivity contribution in [2.45, 2.75) is 26.7 Å². The maximum atomic E-state index is 12.3. The summed E-state index contributed by atoms with van der Waals surface area (Å²) in [4.78, 5) is 17.0. The summed E-state index contributed by atoms with van der Waals surface area (Å²) in [5, 5.41) is 9.45. The van der Waals surface area contributed by atoms with Gasteiger partial charge in [-0.25, -0.2) is 4.79 Å². The average molecular weight is 338 g/mol. The van der Waals surface area contributed by atoms with E-state index in [1.54, 1.807) is 0 Å². The van der Waals surface area contributed by atoms with Crippen molar-refractivity contribution < 1.29 is 4.79 Å². The zero-order chi connectivity index (χ0) is 16.1. The summed E-state index contributed by atoms with van der Waals surface area (Å²) in [6.07, 6.45) is 1.51. The van der Waals surface area contributed by atoms with Crippen molar-refractivity contribution in [3.63, 3.8) is 0 Å². The summed E-state index contributed by atoms with van der Waals surface area (Å²) in [7, 11) is 0. The second-order valence-electron chi connectivity index (χ2n) is 5.14. The van der Waals surface area contributed by atoms with Crippen LogP contribution in [0.4, 0.5) is 4.79 Å². The number of urea groups is 1. The first-order valence-electron chi connectivity index (χ1n) is 7.52. The summed E-state index contributed by atoms with van der Waals surface area (Å²) >= 11 is 7.39. The number of rotatable bonds is 3. The number of hydrogen-bond acceptors (Lipinski definition) is 3. The highest BCUT2D eigenvalue weighted by Gasteiger charge is 2.24. The predicted molar refractivity (Wildman–Crippen MR) is 91.0 cm³/mol. The smallest absolute Gasteiger partial charge is 0.319 e. The van der Waals surface area contributed by atoms with Crippen LogP contribution in [0.5, 0.6) is 0 Å². The summed E-state index contributed by atoms with van der Waals surface area (Å²) in [6, 6.07) is 6.12. The van der Waals surface area contributed by atoms with Crippen molar-refractivity contribution in [1.82, 2.24) is 9.80 Å². The van der Waals surface area contributed by atoms with Crippen molar-refractivity contribution in [2.24, 2.45) is 0 Å². The van der Waals surface area contributed by atoms with Gasteiger partial charge in [0.2, 0.25) is 0 Å². The Labute approximate surface area is 140 Å². The third kappa shape index (κ3) is 3.63. The molecule has 1 aliphatic heterocycles. The second-order valence-corrected chi connectivity index (χ2v) is 6.85. The molecule has 0 saturated carbocycles. The van der Waals surface area contributed by atoms with Gasteiger partial charge in [-0.1, -0.05) is 11.6 Å². The first-order chi connectivity index (χ1) is 10.6. The number of halogens is 1. The van der Waals surface area contributed by atoms with E-state index in [-0.39, 0.29) is 6.03 Å². The third-order valence-electron chi connectivity index (χ3n) is 3.96. The molecule has 0 bridgehead atoms. The van der Waals surface area contributed by atoms with Crippen LogP contribution in [-0.2, 0) is 0 Å². The van der Waals surface area contributed by atoms with E-state index >= 15 is 0 Å². The lowest BCUT2D eigenvalue weighted by Crippen LogP contribution is -2.45. The Bertz CT molecular complexity index is 603. The number of thiophene rings is 1. The lowest BCUT2D eigenvalue weighted by Gasteiger charge is -2.33. The summed E-state index contributed by atoms with van der Waals surface area (Å²) in [5.41, 5.74) is 1.86. The van der Waals surface area contributed by atoms with Gasteiger partial charge in [0.15, 0.2) is 0 Å². The van der Waals surface area contributed by atoms with Crippen molar-refractivity contribution in [3.8, 4) is 6.07 Å². The Balaban J connectivity index is 2.09. The predicted octanol–water partition coefficient (Wildman–Crippen LogP) is 4.24. The molecule has 22 heavy (non-hydrogen) atoms. The van der Waals surface area contributed by atoms with Crippen LogP contribution >= 0.6 is 22.9 Å². The molecule has 2 rings (SSSR count). The molecule has 2 heterocycles. The van der Waals surface area contributed by atoms with Gasteiger partial charge >= 0.3 is 6.03 Å². The summed E-state index contributed by atoms with van der Waals surface area (Å²) in [5.74, 6) is 0. The Morgan fingerprint density at radius 3 is 2.45 bits per heavy atom. The van der Waals surface area contributed by atoms with E-state index in [9.17, 15) is 10.1 Å². The molecule has 2 amide bonds. The number of allylic oxidation sites excluding steroid dienone is 1. The minimum absolute atomic E-state index is 0.0988. The number of carbonyl (C=O) groups excluding carboxylic acids is 1. The highest BCUT2D eigenvalue weighted by atomic mass is 35.5. The fourth-order valence-corrected chi connectivity index (χ4v) is 3.76.